The maximum Gasteiger partial charge on any atom is 0.495 e. The van der Waals surface area contributed by atoms with Crippen LogP contribution >= 0.6 is 0 Å². The fourth-order valence-corrected chi connectivity index (χ4v) is 2.05. The molecule has 0 amide bonds. The SMILES string of the molecule is COCc1cc(F)ccc1B1OC(C)(C)C(C)(C)O1. The Morgan fingerprint density at radius 2 is 1.74 bits per heavy atom. The zero-order valence-electron chi connectivity index (χ0n) is 12.1. The summed E-state index contributed by atoms with van der Waals surface area (Å²) in [5, 5.41) is 0. The van der Waals surface area contributed by atoms with Gasteiger partial charge < -0.3 is 14.0 Å². The highest BCUT2D eigenvalue weighted by molar-refractivity contribution is 6.62. The molecule has 0 aromatic heterocycles. The number of benzene rings is 1. The molecule has 2 rings (SSSR count). The molecule has 0 radical (unpaired) electrons. The van der Waals surface area contributed by atoms with Gasteiger partial charge in [0.1, 0.15) is 5.82 Å². The highest BCUT2D eigenvalue weighted by Crippen LogP contribution is 2.36. The summed E-state index contributed by atoms with van der Waals surface area (Å²) in [7, 11) is 1.09. The Hall–Kier alpha value is -0.905. The highest BCUT2D eigenvalue weighted by atomic mass is 19.1. The maximum atomic E-state index is 13.3. The molecule has 0 N–H and O–H groups in total. The van der Waals surface area contributed by atoms with Crippen molar-refractivity contribution in [3.8, 4) is 0 Å². The van der Waals surface area contributed by atoms with Crippen molar-refractivity contribution < 1.29 is 18.4 Å². The van der Waals surface area contributed by atoms with Crippen LogP contribution in [0, 0.1) is 5.82 Å². The van der Waals surface area contributed by atoms with Crippen molar-refractivity contribution in [2.24, 2.45) is 0 Å². The third-order valence-corrected chi connectivity index (χ3v) is 3.91. The number of methoxy groups -OCH3 is 1. The number of ether oxygens (including phenoxy) is 1. The Kier molecular flexibility index (Phi) is 3.73. The lowest BCUT2D eigenvalue weighted by Gasteiger charge is -2.32. The molecule has 104 valence electrons. The second-order valence-corrected chi connectivity index (χ2v) is 5.86. The van der Waals surface area contributed by atoms with Gasteiger partial charge in [-0.1, -0.05) is 6.07 Å². The molecular weight excluding hydrogens is 246 g/mol. The molecule has 19 heavy (non-hydrogen) atoms. The number of halogens is 1. The molecule has 0 spiro atoms. The van der Waals surface area contributed by atoms with E-state index in [0.717, 1.165) is 11.0 Å². The minimum atomic E-state index is -0.490. The van der Waals surface area contributed by atoms with Crippen molar-refractivity contribution in [3.05, 3.63) is 29.6 Å². The zero-order valence-corrected chi connectivity index (χ0v) is 12.1. The molecule has 0 saturated carbocycles. The lowest BCUT2D eigenvalue weighted by molar-refractivity contribution is 0.00578. The Morgan fingerprint density at radius 3 is 2.26 bits per heavy atom. The van der Waals surface area contributed by atoms with E-state index < -0.39 is 18.3 Å². The number of hydrogen-bond donors (Lipinski definition) is 0. The molecule has 0 aliphatic carbocycles. The molecule has 1 aliphatic rings. The summed E-state index contributed by atoms with van der Waals surface area (Å²) >= 11 is 0. The van der Waals surface area contributed by atoms with Crippen LogP contribution in [-0.2, 0) is 20.7 Å². The molecule has 1 aromatic carbocycles. The van der Waals surface area contributed by atoms with Gasteiger partial charge in [-0.15, -0.1) is 0 Å². The Labute approximate surface area is 114 Å². The van der Waals surface area contributed by atoms with Crippen molar-refractivity contribution in [2.45, 2.75) is 45.5 Å². The molecule has 1 aromatic rings. The number of rotatable bonds is 3. The third kappa shape index (κ3) is 2.68. The maximum absolute atomic E-state index is 13.3. The summed E-state index contributed by atoms with van der Waals surface area (Å²) in [6.45, 7) is 8.30. The Morgan fingerprint density at radius 1 is 1.16 bits per heavy atom. The van der Waals surface area contributed by atoms with E-state index in [4.69, 9.17) is 14.0 Å². The Balaban J connectivity index is 2.34. The van der Waals surface area contributed by atoms with Crippen molar-refractivity contribution in [3.63, 3.8) is 0 Å². The lowest BCUT2D eigenvalue weighted by atomic mass is 9.76. The van der Waals surface area contributed by atoms with Crippen LogP contribution in [0.1, 0.15) is 33.3 Å². The fourth-order valence-electron chi connectivity index (χ4n) is 2.05. The van der Waals surface area contributed by atoms with E-state index in [1.807, 2.05) is 27.7 Å². The molecule has 1 saturated heterocycles. The average molecular weight is 266 g/mol. The topological polar surface area (TPSA) is 27.7 Å². The van der Waals surface area contributed by atoms with Crippen LogP contribution < -0.4 is 5.46 Å². The minimum Gasteiger partial charge on any atom is -0.399 e. The van der Waals surface area contributed by atoms with Gasteiger partial charge >= 0.3 is 7.12 Å². The van der Waals surface area contributed by atoms with E-state index in [0.29, 0.717) is 6.61 Å². The predicted octanol–water partition coefficient (Wildman–Crippen LogP) is 2.27. The molecule has 0 unspecified atom stereocenters. The molecule has 3 nitrogen and oxygen atoms in total. The first-order valence-electron chi connectivity index (χ1n) is 6.40. The summed E-state index contributed by atoms with van der Waals surface area (Å²) in [4.78, 5) is 0. The van der Waals surface area contributed by atoms with E-state index >= 15 is 0 Å². The van der Waals surface area contributed by atoms with E-state index in [9.17, 15) is 4.39 Å². The van der Waals surface area contributed by atoms with Crippen LogP contribution in [0.4, 0.5) is 4.39 Å². The van der Waals surface area contributed by atoms with Gasteiger partial charge in [0.05, 0.1) is 17.8 Å². The zero-order chi connectivity index (χ0) is 14.3. The van der Waals surface area contributed by atoms with Crippen molar-refractivity contribution >= 4 is 12.6 Å². The van der Waals surface area contributed by atoms with Gasteiger partial charge in [-0.3, -0.25) is 0 Å². The minimum absolute atomic E-state index is 0.285. The van der Waals surface area contributed by atoms with Crippen molar-refractivity contribution in [1.29, 1.82) is 0 Å². The van der Waals surface area contributed by atoms with E-state index in [2.05, 4.69) is 0 Å². The normalized spacial score (nSPS) is 20.8. The van der Waals surface area contributed by atoms with Crippen LogP contribution in [0.3, 0.4) is 0 Å². The van der Waals surface area contributed by atoms with Crippen molar-refractivity contribution in [2.75, 3.05) is 7.11 Å². The summed E-state index contributed by atoms with van der Waals surface area (Å²) in [5.74, 6) is -0.285. The Bertz CT molecular complexity index is 458. The summed E-state index contributed by atoms with van der Waals surface area (Å²) in [6, 6.07) is 4.58. The molecule has 1 fully saturated rings. The standard InChI is InChI=1S/C14H20BFO3/c1-13(2)14(3,4)19-15(18-13)12-7-6-11(16)8-10(12)9-17-5/h6-8H,9H2,1-5H3. The van der Waals surface area contributed by atoms with Gasteiger partial charge in [0.2, 0.25) is 0 Å². The lowest BCUT2D eigenvalue weighted by Crippen LogP contribution is -2.41. The fraction of sp³-hybridized carbons (Fsp3) is 0.571. The molecule has 1 heterocycles. The second kappa shape index (κ2) is 4.89. The van der Waals surface area contributed by atoms with Crippen LogP contribution in [0.2, 0.25) is 0 Å². The monoisotopic (exact) mass is 266 g/mol. The first-order valence-corrected chi connectivity index (χ1v) is 6.40. The average Bonchev–Trinajstić information content (AvgIpc) is 2.48. The molecule has 0 bridgehead atoms. The van der Waals surface area contributed by atoms with Gasteiger partial charge in [0.25, 0.3) is 0 Å². The highest BCUT2D eigenvalue weighted by Gasteiger charge is 2.52. The van der Waals surface area contributed by atoms with Gasteiger partial charge in [-0.2, -0.15) is 0 Å². The van der Waals surface area contributed by atoms with Crippen LogP contribution in [0.15, 0.2) is 18.2 Å². The summed E-state index contributed by atoms with van der Waals surface area (Å²) in [6.07, 6.45) is 0. The first-order chi connectivity index (χ1) is 8.77. The van der Waals surface area contributed by atoms with E-state index in [-0.39, 0.29) is 5.82 Å². The largest absolute Gasteiger partial charge is 0.495 e. The predicted molar refractivity (Wildman–Crippen MR) is 72.8 cm³/mol. The van der Waals surface area contributed by atoms with Gasteiger partial charge in [-0.05, 0) is 50.9 Å². The van der Waals surface area contributed by atoms with Crippen molar-refractivity contribution in [1.82, 2.24) is 0 Å². The van der Waals surface area contributed by atoms with Gasteiger partial charge in [-0.25, -0.2) is 4.39 Å². The molecule has 0 atom stereocenters. The third-order valence-electron chi connectivity index (χ3n) is 3.91. The summed E-state index contributed by atoms with van der Waals surface area (Å²) < 4.78 is 30.4. The number of hydrogen-bond acceptors (Lipinski definition) is 3. The van der Waals surface area contributed by atoms with Crippen LogP contribution in [0.5, 0.6) is 0 Å². The van der Waals surface area contributed by atoms with Crippen LogP contribution in [-0.4, -0.2) is 25.4 Å². The van der Waals surface area contributed by atoms with E-state index in [1.165, 1.54) is 12.1 Å². The quantitative estimate of drug-likeness (QED) is 0.785. The van der Waals surface area contributed by atoms with Gasteiger partial charge in [0.15, 0.2) is 0 Å². The molecular formula is C14H20BFO3. The van der Waals surface area contributed by atoms with Gasteiger partial charge in [0, 0.05) is 7.11 Å². The van der Waals surface area contributed by atoms with E-state index in [1.54, 1.807) is 13.2 Å². The second-order valence-electron chi connectivity index (χ2n) is 5.86. The molecule has 1 aliphatic heterocycles. The van der Waals surface area contributed by atoms with Crippen LogP contribution in [0.25, 0.3) is 0 Å². The molecule has 5 heteroatoms. The first kappa shape index (κ1) is 14.5. The smallest absolute Gasteiger partial charge is 0.399 e. The summed E-state index contributed by atoms with van der Waals surface area (Å²) in [5.41, 5.74) is 0.759.